The summed E-state index contributed by atoms with van der Waals surface area (Å²) in [6.07, 6.45) is 0. The van der Waals surface area contributed by atoms with Gasteiger partial charge in [-0.1, -0.05) is 19.9 Å². The van der Waals surface area contributed by atoms with Gasteiger partial charge in [-0.05, 0) is 35.9 Å². The fourth-order valence-corrected chi connectivity index (χ4v) is 1.95. The lowest BCUT2D eigenvalue weighted by Gasteiger charge is -2.15. The minimum atomic E-state index is -0.598. The monoisotopic (exact) mass is 295 g/mol. The Morgan fingerprint density at radius 1 is 1.24 bits per heavy atom. The molecule has 0 radical (unpaired) electrons. The lowest BCUT2D eigenvalue weighted by atomic mass is 10.2. The predicted octanol–water partition coefficient (Wildman–Crippen LogP) is 2.31. The summed E-state index contributed by atoms with van der Waals surface area (Å²) in [6.45, 7) is 7.17. The molecular weight excluding hydrogens is 276 g/mol. The van der Waals surface area contributed by atoms with E-state index in [9.17, 15) is 8.78 Å². The number of benzene rings is 1. The molecule has 1 heterocycles. The molecule has 0 aliphatic rings. The molecule has 2 aromatic rings. The van der Waals surface area contributed by atoms with Crippen molar-refractivity contribution in [3.05, 3.63) is 41.2 Å². The molecule has 21 heavy (non-hydrogen) atoms. The number of aromatic nitrogens is 4. The average molecular weight is 295 g/mol. The third kappa shape index (κ3) is 4.04. The van der Waals surface area contributed by atoms with E-state index in [1.165, 1.54) is 16.8 Å². The minimum absolute atomic E-state index is 0.0501. The molecule has 0 saturated carbocycles. The van der Waals surface area contributed by atoms with Gasteiger partial charge in [-0.15, -0.1) is 5.10 Å². The Bertz CT molecular complexity index is 597. The van der Waals surface area contributed by atoms with Gasteiger partial charge >= 0.3 is 0 Å². The SMILES string of the molecule is CC(C)CNC(C)c1nnnn1Cc1ccc(F)cc1F. The summed E-state index contributed by atoms with van der Waals surface area (Å²) in [5.41, 5.74) is 0.348. The van der Waals surface area contributed by atoms with E-state index in [0.29, 0.717) is 17.3 Å². The van der Waals surface area contributed by atoms with Crippen LogP contribution in [0, 0.1) is 17.6 Å². The molecule has 0 aliphatic carbocycles. The van der Waals surface area contributed by atoms with Crippen molar-refractivity contribution >= 4 is 0 Å². The highest BCUT2D eigenvalue weighted by Gasteiger charge is 2.16. The van der Waals surface area contributed by atoms with Gasteiger partial charge in [0, 0.05) is 11.6 Å². The summed E-state index contributed by atoms with van der Waals surface area (Å²) in [5.74, 6) is -0.0647. The van der Waals surface area contributed by atoms with Gasteiger partial charge in [0.1, 0.15) is 11.6 Å². The first-order valence-electron chi connectivity index (χ1n) is 6.90. The Kier molecular flexibility index (Phi) is 4.95. The van der Waals surface area contributed by atoms with Gasteiger partial charge in [0.05, 0.1) is 12.6 Å². The molecule has 1 unspecified atom stereocenters. The van der Waals surface area contributed by atoms with E-state index in [0.717, 1.165) is 12.6 Å². The Labute approximate surface area is 122 Å². The molecule has 2 rings (SSSR count). The fourth-order valence-electron chi connectivity index (χ4n) is 1.95. The van der Waals surface area contributed by atoms with Crippen LogP contribution in [0.5, 0.6) is 0 Å². The molecule has 1 atom stereocenters. The fraction of sp³-hybridized carbons (Fsp3) is 0.500. The Morgan fingerprint density at radius 2 is 2.00 bits per heavy atom. The zero-order valence-electron chi connectivity index (χ0n) is 12.3. The van der Waals surface area contributed by atoms with E-state index < -0.39 is 11.6 Å². The summed E-state index contributed by atoms with van der Waals surface area (Å²) in [5, 5.41) is 14.8. The second kappa shape index (κ2) is 6.71. The maximum absolute atomic E-state index is 13.7. The number of nitrogens with one attached hydrogen (secondary N) is 1. The van der Waals surface area contributed by atoms with Crippen LogP contribution in [-0.2, 0) is 6.54 Å². The number of hydrogen-bond acceptors (Lipinski definition) is 4. The third-order valence-electron chi connectivity index (χ3n) is 3.11. The standard InChI is InChI=1S/C14H19F2N5/c1-9(2)7-17-10(3)14-18-19-20-21(14)8-11-4-5-12(15)6-13(11)16/h4-6,9-10,17H,7-8H2,1-3H3. The van der Waals surface area contributed by atoms with E-state index in [4.69, 9.17) is 0 Å². The van der Waals surface area contributed by atoms with Gasteiger partial charge in [0.2, 0.25) is 0 Å². The number of hydrogen-bond donors (Lipinski definition) is 1. The summed E-state index contributed by atoms with van der Waals surface area (Å²) in [6, 6.07) is 3.44. The lowest BCUT2D eigenvalue weighted by Crippen LogP contribution is -2.26. The summed E-state index contributed by atoms with van der Waals surface area (Å²) < 4.78 is 28.1. The number of nitrogens with zero attached hydrogens (tertiary/aromatic N) is 4. The van der Waals surface area contributed by atoms with Crippen molar-refractivity contribution in [3.63, 3.8) is 0 Å². The first-order chi connectivity index (χ1) is 9.97. The van der Waals surface area contributed by atoms with Crippen LogP contribution in [-0.4, -0.2) is 26.8 Å². The second-order valence-corrected chi connectivity index (χ2v) is 5.45. The quantitative estimate of drug-likeness (QED) is 0.888. The molecule has 7 heteroatoms. The molecule has 0 saturated heterocycles. The largest absolute Gasteiger partial charge is 0.307 e. The molecule has 0 fully saturated rings. The highest BCUT2D eigenvalue weighted by atomic mass is 19.1. The summed E-state index contributed by atoms with van der Waals surface area (Å²) in [7, 11) is 0. The highest BCUT2D eigenvalue weighted by molar-refractivity contribution is 5.19. The van der Waals surface area contributed by atoms with Gasteiger partial charge in [0.15, 0.2) is 5.82 Å². The second-order valence-electron chi connectivity index (χ2n) is 5.45. The highest BCUT2D eigenvalue weighted by Crippen LogP contribution is 2.14. The number of halogens is 2. The van der Waals surface area contributed by atoms with E-state index >= 15 is 0 Å². The summed E-state index contributed by atoms with van der Waals surface area (Å²) >= 11 is 0. The molecule has 114 valence electrons. The molecule has 1 aromatic carbocycles. The van der Waals surface area contributed by atoms with Crippen LogP contribution >= 0.6 is 0 Å². The van der Waals surface area contributed by atoms with E-state index in [1.54, 1.807) is 0 Å². The predicted molar refractivity (Wildman–Crippen MR) is 74.5 cm³/mol. The molecule has 5 nitrogen and oxygen atoms in total. The van der Waals surface area contributed by atoms with E-state index in [1.807, 2.05) is 6.92 Å². The number of tetrazole rings is 1. The maximum atomic E-state index is 13.7. The smallest absolute Gasteiger partial charge is 0.168 e. The van der Waals surface area contributed by atoms with Crippen molar-refractivity contribution < 1.29 is 8.78 Å². The van der Waals surface area contributed by atoms with Crippen molar-refractivity contribution in [1.82, 2.24) is 25.5 Å². The first kappa shape index (κ1) is 15.5. The Morgan fingerprint density at radius 3 is 2.67 bits per heavy atom. The third-order valence-corrected chi connectivity index (χ3v) is 3.11. The van der Waals surface area contributed by atoms with Crippen molar-refractivity contribution in [2.45, 2.75) is 33.4 Å². The van der Waals surface area contributed by atoms with Crippen LogP contribution < -0.4 is 5.32 Å². The van der Waals surface area contributed by atoms with Crippen LogP contribution in [0.25, 0.3) is 0 Å². The van der Waals surface area contributed by atoms with Gasteiger partial charge < -0.3 is 5.32 Å². The van der Waals surface area contributed by atoms with Gasteiger partial charge in [-0.3, -0.25) is 0 Å². The average Bonchev–Trinajstić information content (AvgIpc) is 2.87. The van der Waals surface area contributed by atoms with Crippen LogP contribution in [0.2, 0.25) is 0 Å². The van der Waals surface area contributed by atoms with E-state index in [-0.39, 0.29) is 12.6 Å². The Hall–Kier alpha value is -1.89. The molecule has 0 amide bonds. The molecule has 1 aromatic heterocycles. The van der Waals surface area contributed by atoms with E-state index in [2.05, 4.69) is 34.7 Å². The van der Waals surface area contributed by atoms with Gasteiger partial charge in [0.25, 0.3) is 0 Å². The van der Waals surface area contributed by atoms with Crippen molar-refractivity contribution in [1.29, 1.82) is 0 Å². The van der Waals surface area contributed by atoms with Crippen LogP contribution in [0.1, 0.15) is 38.2 Å². The Balaban J connectivity index is 2.13. The van der Waals surface area contributed by atoms with Crippen LogP contribution in [0.3, 0.4) is 0 Å². The maximum Gasteiger partial charge on any atom is 0.168 e. The molecule has 0 spiro atoms. The normalized spacial score (nSPS) is 12.9. The number of rotatable bonds is 6. The first-order valence-corrected chi connectivity index (χ1v) is 6.90. The topological polar surface area (TPSA) is 55.6 Å². The zero-order valence-corrected chi connectivity index (χ0v) is 12.3. The van der Waals surface area contributed by atoms with Crippen molar-refractivity contribution in [3.8, 4) is 0 Å². The zero-order chi connectivity index (χ0) is 15.4. The van der Waals surface area contributed by atoms with Crippen molar-refractivity contribution in [2.75, 3.05) is 6.54 Å². The summed E-state index contributed by atoms with van der Waals surface area (Å²) in [4.78, 5) is 0. The molecule has 1 N–H and O–H groups in total. The molecular formula is C14H19F2N5. The van der Waals surface area contributed by atoms with Gasteiger partial charge in [-0.25, -0.2) is 13.5 Å². The molecule has 0 aliphatic heterocycles. The van der Waals surface area contributed by atoms with Crippen molar-refractivity contribution in [2.24, 2.45) is 5.92 Å². The molecule has 0 bridgehead atoms. The lowest BCUT2D eigenvalue weighted by molar-refractivity contribution is 0.458. The van der Waals surface area contributed by atoms with Crippen LogP contribution in [0.4, 0.5) is 8.78 Å². The minimum Gasteiger partial charge on any atom is -0.307 e. The van der Waals surface area contributed by atoms with Crippen LogP contribution in [0.15, 0.2) is 18.2 Å². The van der Waals surface area contributed by atoms with Gasteiger partial charge in [-0.2, -0.15) is 0 Å².